The topological polar surface area (TPSA) is 3.24 Å². The van der Waals surface area contributed by atoms with Gasteiger partial charge in [0.25, 0.3) is 0 Å². The molecule has 0 aromatic heterocycles. The highest BCUT2D eigenvalue weighted by Crippen LogP contribution is 2.27. The van der Waals surface area contributed by atoms with E-state index >= 15 is 0 Å². The van der Waals surface area contributed by atoms with Crippen LogP contribution in [0.5, 0.6) is 0 Å². The van der Waals surface area contributed by atoms with Gasteiger partial charge in [-0.25, -0.2) is 0 Å². The largest absolute Gasteiger partial charge is 0.370 e. The number of para-hydroxylation sites is 1. The van der Waals surface area contributed by atoms with Crippen molar-refractivity contribution in [2.45, 2.75) is 12.8 Å². The molecular formula is C10H13Cl2N. The zero-order chi connectivity index (χ0) is 8.39. The minimum atomic E-state index is 0. The average Bonchev–Trinajstić information content (AvgIpc) is 2.57. The molecule has 1 nitrogen and oxygen atoms in total. The van der Waals surface area contributed by atoms with Crippen molar-refractivity contribution in [3.8, 4) is 0 Å². The van der Waals surface area contributed by atoms with E-state index in [4.69, 9.17) is 11.6 Å². The zero-order valence-corrected chi connectivity index (χ0v) is 8.94. The van der Waals surface area contributed by atoms with Gasteiger partial charge < -0.3 is 4.90 Å². The maximum Gasteiger partial charge on any atom is 0.0639 e. The summed E-state index contributed by atoms with van der Waals surface area (Å²) in [7, 11) is 0. The minimum absolute atomic E-state index is 0. The first-order valence-corrected chi connectivity index (χ1v) is 4.75. The van der Waals surface area contributed by atoms with Gasteiger partial charge in [0, 0.05) is 13.1 Å². The lowest BCUT2D eigenvalue weighted by Gasteiger charge is -2.18. The molecule has 1 fully saturated rings. The lowest BCUT2D eigenvalue weighted by molar-refractivity contribution is 0.949. The molecule has 3 heteroatoms. The quantitative estimate of drug-likeness (QED) is 0.698. The Hall–Kier alpha value is -0.400. The van der Waals surface area contributed by atoms with Crippen LogP contribution in [0.4, 0.5) is 5.69 Å². The van der Waals surface area contributed by atoms with Crippen LogP contribution < -0.4 is 4.90 Å². The third-order valence-electron chi connectivity index (χ3n) is 2.30. The lowest BCUT2D eigenvalue weighted by atomic mass is 10.3. The van der Waals surface area contributed by atoms with Crippen LogP contribution in [0.25, 0.3) is 0 Å². The van der Waals surface area contributed by atoms with Crippen molar-refractivity contribution >= 4 is 29.7 Å². The van der Waals surface area contributed by atoms with E-state index in [0.717, 1.165) is 18.1 Å². The van der Waals surface area contributed by atoms with Gasteiger partial charge >= 0.3 is 0 Å². The SMILES string of the molecule is Cl.Clc1ccccc1N1CCCC1. The second kappa shape index (κ2) is 4.73. The molecule has 0 spiro atoms. The smallest absolute Gasteiger partial charge is 0.0639 e. The molecule has 13 heavy (non-hydrogen) atoms. The molecule has 0 unspecified atom stereocenters. The first-order chi connectivity index (χ1) is 5.88. The van der Waals surface area contributed by atoms with Gasteiger partial charge in [0.1, 0.15) is 0 Å². The fourth-order valence-corrected chi connectivity index (χ4v) is 1.92. The maximum atomic E-state index is 6.06. The Morgan fingerprint density at radius 3 is 2.31 bits per heavy atom. The zero-order valence-electron chi connectivity index (χ0n) is 7.37. The average molecular weight is 218 g/mol. The van der Waals surface area contributed by atoms with Gasteiger partial charge in [-0.2, -0.15) is 0 Å². The number of benzene rings is 1. The van der Waals surface area contributed by atoms with E-state index in [-0.39, 0.29) is 12.4 Å². The Labute approximate surface area is 90.1 Å². The summed E-state index contributed by atoms with van der Waals surface area (Å²) in [4.78, 5) is 2.35. The van der Waals surface area contributed by atoms with Crippen LogP contribution in [0.3, 0.4) is 0 Å². The third-order valence-corrected chi connectivity index (χ3v) is 2.62. The van der Waals surface area contributed by atoms with Crippen LogP contribution >= 0.6 is 24.0 Å². The van der Waals surface area contributed by atoms with E-state index in [1.54, 1.807) is 0 Å². The number of halogens is 2. The van der Waals surface area contributed by atoms with E-state index in [1.807, 2.05) is 18.2 Å². The minimum Gasteiger partial charge on any atom is -0.370 e. The molecule has 0 amide bonds. The van der Waals surface area contributed by atoms with E-state index in [1.165, 1.54) is 18.5 Å². The molecule has 0 saturated carbocycles. The standard InChI is InChI=1S/C10H12ClN.ClH/c11-9-5-1-2-6-10(9)12-7-3-4-8-12;/h1-2,5-6H,3-4,7-8H2;1H. The summed E-state index contributed by atoms with van der Waals surface area (Å²) in [6.45, 7) is 2.31. The molecule has 2 rings (SSSR count). The molecule has 1 saturated heterocycles. The molecule has 0 aliphatic carbocycles. The summed E-state index contributed by atoms with van der Waals surface area (Å²) in [5, 5.41) is 0.874. The van der Waals surface area contributed by atoms with E-state index in [9.17, 15) is 0 Å². The first-order valence-electron chi connectivity index (χ1n) is 4.37. The maximum absolute atomic E-state index is 6.06. The lowest BCUT2D eigenvalue weighted by Crippen LogP contribution is -2.17. The summed E-state index contributed by atoms with van der Waals surface area (Å²) < 4.78 is 0. The fraction of sp³-hybridized carbons (Fsp3) is 0.400. The van der Waals surface area contributed by atoms with Crippen LogP contribution in [0, 0.1) is 0 Å². The molecule has 0 bridgehead atoms. The highest BCUT2D eigenvalue weighted by molar-refractivity contribution is 6.33. The van der Waals surface area contributed by atoms with Crippen molar-refractivity contribution in [3.05, 3.63) is 29.3 Å². The predicted molar refractivity (Wildman–Crippen MR) is 60.1 cm³/mol. The van der Waals surface area contributed by atoms with Gasteiger partial charge in [-0.3, -0.25) is 0 Å². The molecular weight excluding hydrogens is 205 g/mol. The van der Waals surface area contributed by atoms with Crippen molar-refractivity contribution in [1.82, 2.24) is 0 Å². The molecule has 0 N–H and O–H groups in total. The van der Waals surface area contributed by atoms with E-state index < -0.39 is 0 Å². The van der Waals surface area contributed by atoms with Gasteiger partial charge in [-0.1, -0.05) is 23.7 Å². The van der Waals surface area contributed by atoms with Crippen molar-refractivity contribution in [2.24, 2.45) is 0 Å². The number of anilines is 1. The van der Waals surface area contributed by atoms with Crippen LogP contribution in [-0.2, 0) is 0 Å². The Balaban J connectivity index is 0.000000845. The summed E-state index contributed by atoms with van der Waals surface area (Å²) in [5.74, 6) is 0. The summed E-state index contributed by atoms with van der Waals surface area (Å²) in [5.41, 5.74) is 1.19. The van der Waals surface area contributed by atoms with Gasteiger partial charge in [-0.05, 0) is 25.0 Å². The van der Waals surface area contributed by atoms with Crippen LogP contribution in [-0.4, -0.2) is 13.1 Å². The molecule has 1 aromatic rings. The summed E-state index contributed by atoms with van der Waals surface area (Å²) in [6.07, 6.45) is 2.59. The predicted octanol–water partition coefficient (Wildman–Crippen LogP) is 3.36. The first kappa shape index (κ1) is 10.7. The van der Waals surface area contributed by atoms with Crippen LogP contribution in [0.1, 0.15) is 12.8 Å². The molecule has 1 aromatic carbocycles. The molecule has 0 atom stereocenters. The summed E-state index contributed by atoms with van der Waals surface area (Å²) >= 11 is 6.06. The highest BCUT2D eigenvalue weighted by Gasteiger charge is 2.13. The van der Waals surface area contributed by atoms with Crippen molar-refractivity contribution in [2.75, 3.05) is 18.0 Å². The van der Waals surface area contributed by atoms with Gasteiger partial charge in [0.05, 0.1) is 10.7 Å². The molecule has 1 aliphatic rings. The van der Waals surface area contributed by atoms with Crippen LogP contribution in [0.15, 0.2) is 24.3 Å². The number of hydrogen-bond acceptors (Lipinski definition) is 1. The Morgan fingerprint density at radius 1 is 1.08 bits per heavy atom. The van der Waals surface area contributed by atoms with Gasteiger partial charge in [0.2, 0.25) is 0 Å². The fourth-order valence-electron chi connectivity index (χ4n) is 1.67. The van der Waals surface area contributed by atoms with Gasteiger partial charge in [0.15, 0.2) is 0 Å². The van der Waals surface area contributed by atoms with Crippen molar-refractivity contribution in [3.63, 3.8) is 0 Å². The van der Waals surface area contributed by atoms with Gasteiger partial charge in [-0.15, -0.1) is 12.4 Å². The van der Waals surface area contributed by atoms with Crippen LogP contribution in [0.2, 0.25) is 5.02 Å². The molecule has 72 valence electrons. The third kappa shape index (κ3) is 2.29. The molecule has 1 heterocycles. The second-order valence-corrected chi connectivity index (χ2v) is 3.55. The Kier molecular flexibility index (Phi) is 3.89. The number of nitrogens with zero attached hydrogens (tertiary/aromatic N) is 1. The monoisotopic (exact) mass is 217 g/mol. The number of rotatable bonds is 1. The normalized spacial score (nSPS) is 15.6. The Morgan fingerprint density at radius 2 is 1.69 bits per heavy atom. The highest BCUT2D eigenvalue weighted by atomic mass is 35.5. The molecule has 0 radical (unpaired) electrons. The number of hydrogen-bond donors (Lipinski definition) is 0. The molecule has 1 aliphatic heterocycles. The Bertz CT molecular complexity index is 269. The van der Waals surface area contributed by atoms with Crippen molar-refractivity contribution in [1.29, 1.82) is 0 Å². The van der Waals surface area contributed by atoms with E-state index in [0.29, 0.717) is 0 Å². The summed E-state index contributed by atoms with van der Waals surface area (Å²) in [6, 6.07) is 8.06. The second-order valence-electron chi connectivity index (χ2n) is 3.15. The van der Waals surface area contributed by atoms with E-state index in [2.05, 4.69) is 11.0 Å². The van der Waals surface area contributed by atoms with Crippen molar-refractivity contribution < 1.29 is 0 Å².